The molecule has 0 radical (unpaired) electrons. The number of aryl methyl sites for hydroxylation is 2. The molecule has 0 saturated carbocycles. The minimum Gasteiger partial charge on any atom is -0.327 e. The molecule has 0 aliphatic rings. The molecule has 0 aromatic heterocycles. The van der Waals surface area contributed by atoms with Gasteiger partial charge >= 0.3 is 0 Å². The Morgan fingerprint density at radius 3 is 2.39 bits per heavy atom. The predicted molar refractivity (Wildman–Crippen MR) is 79.7 cm³/mol. The van der Waals surface area contributed by atoms with E-state index < -0.39 is 0 Å². The largest absolute Gasteiger partial charge is 0.327 e. The van der Waals surface area contributed by atoms with Crippen molar-refractivity contribution in [2.45, 2.75) is 46.7 Å². The van der Waals surface area contributed by atoms with Gasteiger partial charge in [0.25, 0.3) is 0 Å². The number of hydrogen-bond donors (Lipinski definition) is 1. The Morgan fingerprint density at radius 1 is 1.17 bits per heavy atom. The van der Waals surface area contributed by atoms with Crippen molar-refractivity contribution in [2.24, 2.45) is 11.7 Å². The summed E-state index contributed by atoms with van der Waals surface area (Å²) in [5.41, 5.74) is 10.2. The van der Waals surface area contributed by atoms with E-state index >= 15 is 0 Å². The second-order valence-corrected chi connectivity index (χ2v) is 5.85. The molecule has 0 heterocycles. The van der Waals surface area contributed by atoms with Crippen molar-refractivity contribution >= 4 is 0 Å². The summed E-state index contributed by atoms with van der Waals surface area (Å²) in [6.45, 7) is 10.8. The molecule has 102 valence electrons. The molecule has 2 nitrogen and oxygen atoms in total. The fourth-order valence-corrected chi connectivity index (χ4v) is 2.00. The third-order valence-corrected chi connectivity index (χ3v) is 3.72. The molecule has 0 spiro atoms. The van der Waals surface area contributed by atoms with E-state index in [9.17, 15) is 0 Å². The zero-order chi connectivity index (χ0) is 13.7. The smallest absolute Gasteiger partial charge is 0.0230 e. The lowest BCUT2D eigenvalue weighted by atomic mass is 10.0. The zero-order valence-electron chi connectivity index (χ0n) is 12.5. The standard InChI is InChI=1S/C16H28N2/c1-12(2)16(17)8-9-18(5)11-15-7-6-13(3)14(4)10-15/h6-7,10,12,16H,8-9,11,17H2,1-5H3. The van der Waals surface area contributed by atoms with Gasteiger partial charge in [-0.3, -0.25) is 0 Å². The minimum atomic E-state index is 0.312. The Kier molecular flexibility index (Phi) is 5.83. The van der Waals surface area contributed by atoms with E-state index in [0.29, 0.717) is 12.0 Å². The van der Waals surface area contributed by atoms with Crippen LogP contribution in [-0.4, -0.2) is 24.5 Å². The van der Waals surface area contributed by atoms with Crippen LogP contribution in [0.2, 0.25) is 0 Å². The van der Waals surface area contributed by atoms with Crippen LogP contribution in [-0.2, 0) is 6.54 Å². The van der Waals surface area contributed by atoms with Crippen LogP contribution < -0.4 is 5.73 Å². The highest BCUT2D eigenvalue weighted by Crippen LogP contribution is 2.12. The Bertz CT molecular complexity index is 371. The third kappa shape index (κ3) is 4.79. The summed E-state index contributed by atoms with van der Waals surface area (Å²) in [5, 5.41) is 0. The minimum absolute atomic E-state index is 0.312. The van der Waals surface area contributed by atoms with Crippen LogP contribution in [0.5, 0.6) is 0 Å². The van der Waals surface area contributed by atoms with Crippen molar-refractivity contribution in [3.05, 3.63) is 34.9 Å². The first-order valence-electron chi connectivity index (χ1n) is 6.90. The molecule has 1 aromatic carbocycles. The molecule has 0 saturated heterocycles. The van der Waals surface area contributed by atoms with Gasteiger partial charge < -0.3 is 10.6 Å². The SMILES string of the molecule is Cc1ccc(CN(C)CCC(N)C(C)C)cc1C. The van der Waals surface area contributed by atoms with Gasteiger partial charge in [-0.2, -0.15) is 0 Å². The van der Waals surface area contributed by atoms with Gasteiger partial charge in [-0.25, -0.2) is 0 Å². The van der Waals surface area contributed by atoms with E-state index in [1.807, 2.05) is 0 Å². The maximum Gasteiger partial charge on any atom is 0.0230 e. The van der Waals surface area contributed by atoms with Crippen LogP contribution in [0.4, 0.5) is 0 Å². The van der Waals surface area contributed by atoms with E-state index in [2.05, 4.69) is 57.8 Å². The van der Waals surface area contributed by atoms with E-state index in [1.54, 1.807) is 0 Å². The Balaban J connectivity index is 2.44. The normalized spacial score (nSPS) is 13.3. The highest BCUT2D eigenvalue weighted by molar-refractivity contribution is 5.29. The highest BCUT2D eigenvalue weighted by Gasteiger charge is 2.09. The van der Waals surface area contributed by atoms with E-state index in [4.69, 9.17) is 5.73 Å². The van der Waals surface area contributed by atoms with Gasteiger partial charge in [-0.1, -0.05) is 32.0 Å². The fourth-order valence-electron chi connectivity index (χ4n) is 2.00. The van der Waals surface area contributed by atoms with Gasteiger partial charge in [0.2, 0.25) is 0 Å². The zero-order valence-corrected chi connectivity index (χ0v) is 12.5. The van der Waals surface area contributed by atoms with Crippen LogP contribution in [0, 0.1) is 19.8 Å². The number of hydrogen-bond acceptors (Lipinski definition) is 2. The molecular weight excluding hydrogens is 220 g/mol. The lowest BCUT2D eigenvalue weighted by molar-refractivity contribution is 0.296. The summed E-state index contributed by atoms with van der Waals surface area (Å²) >= 11 is 0. The molecule has 1 unspecified atom stereocenters. The van der Waals surface area contributed by atoms with E-state index in [0.717, 1.165) is 19.5 Å². The van der Waals surface area contributed by atoms with Crippen molar-refractivity contribution in [3.8, 4) is 0 Å². The molecule has 0 amide bonds. The molecule has 0 aliphatic carbocycles. The van der Waals surface area contributed by atoms with Crippen molar-refractivity contribution in [3.63, 3.8) is 0 Å². The summed E-state index contributed by atoms with van der Waals surface area (Å²) in [6, 6.07) is 7.03. The van der Waals surface area contributed by atoms with Crippen LogP contribution in [0.15, 0.2) is 18.2 Å². The Labute approximate surface area is 112 Å². The maximum atomic E-state index is 6.08. The lowest BCUT2D eigenvalue weighted by Crippen LogP contribution is -2.31. The Morgan fingerprint density at radius 2 is 1.83 bits per heavy atom. The summed E-state index contributed by atoms with van der Waals surface area (Å²) < 4.78 is 0. The summed E-state index contributed by atoms with van der Waals surface area (Å²) in [4.78, 5) is 2.35. The quantitative estimate of drug-likeness (QED) is 0.838. The summed E-state index contributed by atoms with van der Waals surface area (Å²) in [7, 11) is 2.17. The molecule has 1 aromatic rings. The first kappa shape index (κ1) is 15.2. The predicted octanol–water partition coefficient (Wildman–Crippen LogP) is 3.11. The van der Waals surface area contributed by atoms with Gasteiger partial charge in [-0.15, -0.1) is 0 Å². The first-order chi connectivity index (χ1) is 8.40. The van der Waals surface area contributed by atoms with Crippen LogP contribution in [0.3, 0.4) is 0 Å². The number of nitrogens with two attached hydrogens (primary N) is 1. The first-order valence-corrected chi connectivity index (χ1v) is 6.90. The van der Waals surface area contributed by atoms with Crippen molar-refractivity contribution in [1.29, 1.82) is 0 Å². The monoisotopic (exact) mass is 248 g/mol. The molecule has 2 heteroatoms. The number of rotatable bonds is 6. The van der Waals surface area contributed by atoms with Gasteiger partial charge in [-0.05, 0) is 56.5 Å². The lowest BCUT2D eigenvalue weighted by Gasteiger charge is -2.21. The topological polar surface area (TPSA) is 29.3 Å². The number of nitrogens with zero attached hydrogens (tertiary/aromatic N) is 1. The van der Waals surface area contributed by atoms with Gasteiger partial charge in [0.05, 0.1) is 0 Å². The van der Waals surface area contributed by atoms with Crippen molar-refractivity contribution in [1.82, 2.24) is 4.90 Å². The molecule has 2 N–H and O–H groups in total. The van der Waals surface area contributed by atoms with Gasteiger partial charge in [0.1, 0.15) is 0 Å². The van der Waals surface area contributed by atoms with Gasteiger partial charge in [0.15, 0.2) is 0 Å². The second kappa shape index (κ2) is 6.91. The van der Waals surface area contributed by atoms with E-state index in [1.165, 1.54) is 16.7 Å². The average molecular weight is 248 g/mol. The highest BCUT2D eigenvalue weighted by atomic mass is 15.1. The average Bonchev–Trinajstić information content (AvgIpc) is 2.30. The molecule has 1 atom stereocenters. The summed E-state index contributed by atoms with van der Waals surface area (Å²) in [5.74, 6) is 0.569. The molecule has 0 bridgehead atoms. The van der Waals surface area contributed by atoms with Crippen LogP contribution >= 0.6 is 0 Å². The number of benzene rings is 1. The van der Waals surface area contributed by atoms with E-state index in [-0.39, 0.29) is 0 Å². The maximum absolute atomic E-state index is 6.08. The van der Waals surface area contributed by atoms with Crippen LogP contribution in [0.25, 0.3) is 0 Å². The molecule has 0 fully saturated rings. The molecule has 0 aliphatic heterocycles. The van der Waals surface area contributed by atoms with Crippen LogP contribution in [0.1, 0.15) is 37.0 Å². The molecule has 18 heavy (non-hydrogen) atoms. The molecular formula is C16H28N2. The third-order valence-electron chi connectivity index (χ3n) is 3.72. The van der Waals surface area contributed by atoms with Crippen molar-refractivity contribution in [2.75, 3.05) is 13.6 Å². The molecule has 1 rings (SSSR count). The van der Waals surface area contributed by atoms with Crippen molar-refractivity contribution < 1.29 is 0 Å². The fraction of sp³-hybridized carbons (Fsp3) is 0.625. The Hall–Kier alpha value is -0.860. The summed E-state index contributed by atoms with van der Waals surface area (Å²) in [6.07, 6.45) is 1.07. The van der Waals surface area contributed by atoms with Gasteiger partial charge in [0, 0.05) is 12.6 Å². The second-order valence-electron chi connectivity index (χ2n) is 5.85.